The van der Waals surface area contributed by atoms with E-state index in [1.807, 2.05) is 31.2 Å². The van der Waals surface area contributed by atoms with Crippen molar-refractivity contribution >= 4 is 16.8 Å². The van der Waals surface area contributed by atoms with Crippen molar-refractivity contribution in [3.05, 3.63) is 48.0 Å². The second kappa shape index (κ2) is 5.02. The van der Waals surface area contributed by atoms with E-state index in [4.69, 9.17) is 10.5 Å². The van der Waals surface area contributed by atoms with E-state index in [1.165, 1.54) is 16.3 Å². The van der Waals surface area contributed by atoms with Crippen LogP contribution >= 0.6 is 0 Å². The molecule has 2 heteroatoms. The van der Waals surface area contributed by atoms with Crippen LogP contribution in [0.2, 0.25) is 0 Å². The van der Waals surface area contributed by atoms with Crippen LogP contribution in [0.3, 0.4) is 0 Å². The number of ether oxygens (including phenoxy) is 1. The quantitative estimate of drug-likeness (QED) is 0.873. The smallest absolute Gasteiger partial charge is 0.119 e. The third kappa shape index (κ3) is 2.86. The molecule has 17 heavy (non-hydrogen) atoms. The minimum absolute atomic E-state index is 0.0848. The van der Waals surface area contributed by atoms with Gasteiger partial charge in [-0.2, -0.15) is 0 Å². The summed E-state index contributed by atoms with van der Waals surface area (Å²) >= 11 is 0. The molecule has 2 nitrogen and oxygen atoms in total. The molecule has 0 radical (unpaired) electrons. The van der Waals surface area contributed by atoms with E-state index in [1.54, 1.807) is 7.11 Å². The Kier molecular flexibility index (Phi) is 3.45. The fourth-order valence-corrected chi connectivity index (χ4v) is 1.74. The molecule has 0 bridgehead atoms. The first-order valence-electron chi connectivity index (χ1n) is 5.70. The number of hydrogen-bond donors (Lipinski definition) is 1. The van der Waals surface area contributed by atoms with Crippen molar-refractivity contribution < 1.29 is 4.74 Å². The zero-order chi connectivity index (χ0) is 12.3. The molecule has 88 valence electrons. The van der Waals surface area contributed by atoms with Crippen molar-refractivity contribution in [1.29, 1.82) is 0 Å². The van der Waals surface area contributed by atoms with Gasteiger partial charge < -0.3 is 10.5 Å². The van der Waals surface area contributed by atoms with Crippen LogP contribution < -0.4 is 10.5 Å². The molecule has 2 rings (SSSR count). The van der Waals surface area contributed by atoms with Gasteiger partial charge in [0.15, 0.2) is 0 Å². The highest BCUT2D eigenvalue weighted by Gasteiger charge is 1.97. The molecule has 2 aromatic carbocycles. The Balaban J connectivity index is 2.38. The van der Waals surface area contributed by atoms with Gasteiger partial charge in [-0.3, -0.25) is 0 Å². The second-order valence-electron chi connectivity index (χ2n) is 4.19. The van der Waals surface area contributed by atoms with Gasteiger partial charge >= 0.3 is 0 Å². The zero-order valence-electron chi connectivity index (χ0n) is 10.2. The van der Waals surface area contributed by atoms with Crippen molar-refractivity contribution in [2.45, 2.75) is 13.0 Å². The first-order chi connectivity index (χ1) is 8.19. The Morgan fingerprint density at radius 1 is 1.12 bits per heavy atom. The van der Waals surface area contributed by atoms with Gasteiger partial charge in [0, 0.05) is 6.04 Å². The predicted molar refractivity (Wildman–Crippen MR) is 73.2 cm³/mol. The molecule has 1 unspecified atom stereocenters. The average molecular weight is 227 g/mol. The lowest BCUT2D eigenvalue weighted by Crippen LogP contribution is -2.09. The van der Waals surface area contributed by atoms with Crippen LogP contribution in [0.15, 0.2) is 42.5 Å². The monoisotopic (exact) mass is 227 g/mol. The Morgan fingerprint density at radius 2 is 1.82 bits per heavy atom. The minimum Gasteiger partial charge on any atom is -0.497 e. The normalized spacial score (nSPS) is 13.1. The highest BCUT2D eigenvalue weighted by atomic mass is 16.5. The van der Waals surface area contributed by atoms with Gasteiger partial charge in [-0.15, -0.1) is 0 Å². The summed E-state index contributed by atoms with van der Waals surface area (Å²) in [4.78, 5) is 0. The number of fused-ring (bicyclic) bond motifs is 1. The summed E-state index contributed by atoms with van der Waals surface area (Å²) in [5.41, 5.74) is 6.85. The third-order valence-electron chi connectivity index (χ3n) is 2.66. The lowest BCUT2D eigenvalue weighted by atomic mass is 10.1. The van der Waals surface area contributed by atoms with Crippen molar-refractivity contribution in [2.75, 3.05) is 7.11 Å². The summed E-state index contributed by atoms with van der Waals surface area (Å²) < 4.78 is 5.20. The molecule has 0 aliphatic rings. The van der Waals surface area contributed by atoms with Crippen LogP contribution in [0.5, 0.6) is 5.75 Å². The van der Waals surface area contributed by atoms with Crippen LogP contribution in [0, 0.1) is 0 Å². The van der Waals surface area contributed by atoms with Crippen molar-refractivity contribution in [3.8, 4) is 5.75 Å². The van der Waals surface area contributed by atoms with Gasteiger partial charge in [-0.05, 0) is 41.5 Å². The van der Waals surface area contributed by atoms with Gasteiger partial charge in [0.25, 0.3) is 0 Å². The van der Waals surface area contributed by atoms with E-state index in [0.29, 0.717) is 0 Å². The molecule has 0 aliphatic heterocycles. The first kappa shape index (κ1) is 11.7. The number of nitrogens with two attached hydrogens (primary N) is 1. The third-order valence-corrected chi connectivity index (χ3v) is 2.66. The Bertz CT molecular complexity index is 544. The molecule has 0 heterocycles. The summed E-state index contributed by atoms with van der Waals surface area (Å²) in [6.45, 7) is 1.96. The van der Waals surface area contributed by atoms with E-state index in [2.05, 4.69) is 24.3 Å². The Morgan fingerprint density at radius 3 is 2.53 bits per heavy atom. The zero-order valence-corrected chi connectivity index (χ0v) is 10.2. The molecule has 2 aromatic rings. The lowest BCUT2D eigenvalue weighted by molar-refractivity contribution is 0.415. The molecule has 0 fully saturated rings. The van der Waals surface area contributed by atoms with Crippen LogP contribution in [-0.4, -0.2) is 13.2 Å². The summed E-state index contributed by atoms with van der Waals surface area (Å²) in [5.74, 6) is 0.886. The van der Waals surface area contributed by atoms with E-state index >= 15 is 0 Å². The van der Waals surface area contributed by atoms with E-state index in [0.717, 1.165) is 5.75 Å². The fraction of sp³-hybridized carbons (Fsp3) is 0.200. The Labute approximate surface area is 102 Å². The SMILES string of the molecule is COc1ccc2cc(/C=C/C(C)N)ccc2c1. The number of rotatable bonds is 3. The van der Waals surface area contributed by atoms with Gasteiger partial charge in [0.05, 0.1) is 7.11 Å². The van der Waals surface area contributed by atoms with Crippen LogP contribution in [-0.2, 0) is 0 Å². The molecule has 0 aromatic heterocycles. The van der Waals surface area contributed by atoms with Crippen LogP contribution in [0.25, 0.3) is 16.8 Å². The van der Waals surface area contributed by atoms with E-state index in [9.17, 15) is 0 Å². The molecule has 0 spiro atoms. The second-order valence-corrected chi connectivity index (χ2v) is 4.19. The predicted octanol–water partition coefficient (Wildman–Crippen LogP) is 3.21. The van der Waals surface area contributed by atoms with Gasteiger partial charge in [0.1, 0.15) is 5.75 Å². The van der Waals surface area contributed by atoms with Crippen molar-refractivity contribution in [3.63, 3.8) is 0 Å². The van der Waals surface area contributed by atoms with Gasteiger partial charge in [-0.1, -0.05) is 30.4 Å². The van der Waals surface area contributed by atoms with Crippen molar-refractivity contribution in [2.24, 2.45) is 5.73 Å². The standard InChI is InChI=1S/C15H17NO/c1-11(16)3-4-12-5-6-14-10-15(17-2)8-7-13(14)9-12/h3-11H,16H2,1-2H3/b4-3+. The summed E-state index contributed by atoms with van der Waals surface area (Å²) in [5, 5.41) is 2.39. The maximum absolute atomic E-state index is 5.69. The highest BCUT2D eigenvalue weighted by molar-refractivity contribution is 5.86. The van der Waals surface area contributed by atoms with Crippen molar-refractivity contribution in [1.82, 2.24) is 0 Å². The molecule has 1 atom stereocenters. The summed E-state index contributed by atoms with van der Waals surface area (Å²) in [6, 6.07) is 12.5. The molecule has 2 N–H and O–H groups in total. The molecule has 0 amide bonds. The molecule has 0 saturated heterocycles. The number of benzene rings is 2. The van der Waals surface area contributed by atoms with Gasteiger partial charge in [0.2, 0.25) is 0 Å². The first-order valence-corrected chi connectivity index (χ1v) is 5.70. The van der Waals surface area contributed by atoms with E-state index < -0.39 is 0 Å². The minimum atomic E-state index is 0.0848. The fourth-order valence-electron chi connectivity index (χ4n) is 1.74. The molecular formula is C15H17NO. The van der Waals surface area contributed by atoms with Crippen LogP contribution in [0.1, 0.15) is 12.5 Å². The number of hydrogen-bond acceptors (Lipinski definition) is 2. The Hall–Kier alpha value is -1.80. The topological polar surface area (TPSA) is 35.2 Å². The maximum atomic E-state index is 5.69. The van der Waals surface area contributed by atoms with Gasteiger partial charge in [-0.25, -0.2) is 0 Å². The highest BCUT2D eigenvalue weighted by Crippen LogP contribution is 2.22. The molecule has 0 aliphatic carbocycles. The molecular weight excluding hydrogens is 210 g/mol. The van der Waals surface area contributed by atoms with E-state index in [-0.39, 0.29) is 6.04 Å². The molecule has 0 saturated carbocycles. The van der Waals surface area contributed by atoms with Crippen LogP contribution in [0.4, 0.5) is 0 Å². The lowest BCUT2D eigenvalue weighted by Gasteiger charge is -2.03. The summed E-state index contributed by atoms with van der Waals surface area (Å²) in [7, 11) is 1.68. The average Bonchev–Trinajstić information content (AvgIpc) is 2.35. The maximum Gasteiger partial charge on any atom is 0.119 e. The largest absolute Gasteiger partial charge is 0.497 e. The summed E-state index contributed by atoms with van der Waals surface area (Å²) in [6.07, 6.45) is 4.04. The number of methoxy groups -OCH3 is 1.